The van der Waals surface area contributed by atoms with Crippen LogP contribution in [-0.2, 0) is 115 Å². The number of para-hydroxylation sites is 1. The Labute approximate surface area is 872 Å². The first kappa shape index (κ1) is 127. The largest absolute Gasteiger partial charge is 0.508 e. The number of amides is 8. The number of aliphatic carboxylic acids is 1. The molecule has 0 unspecified atom stereocenters. The molecule has 8 amide bonds. The third-order valence-corrected chi connectivity index (χ3v) is 26.5. The Hall–Kier alpha value is -12.1. The summed E-state index contributed by atoms with van der Waals surface area (Å²) in [4.78, 5) is 283. The van der Waals surface area contributed by atoms with Crippen LogP contribution in [0.5, 0.6) is 5.75 Å². The van der Waals surface area contributed by atoms with Gasteiger partial charge in [0.1, 0.15) is 53.1 Å². The van der Waals surface area contributed by atoms with Crippen LogP contribution in [-0.4, -0.2) is 284 Å². The smallest absolute Gasteiger partial charge is 0.303 e. The fourth-order valence-electron chi connectivity index (χ4n) is 16.5. The summed E-state index contributed by atoms with van der Waals surface area (Å²) in [6.07, 6.45) is 2.92. The minimum absolute atomic E-state index is 0.00290. The number of nitrogens with one attached hydrogen (secondary N) is 18. The number of phenolic OH excluding ortho intramolecular Hbond substituents is 1. The first-order valence-corrected chi connectivity index (χ1v) is 51.5. The molecule has 824 valence electrons. The van der Waals surface area contributed by atoms with Crippen LogP contribution in [0.2, 0.25) is 0 Å². The van der Waals surface area contributed by atoms with Crippen LogP contribution in [0.25, 0.3) is 10.9 Å². The van der Waals surface area contributed by atoms with Crippen molar-refractivity contribution in [3.63, 3.8) is 0 Å². The Morgan fingerprint density at radius 2 is 1.12 bits per heavy atom. The van der Waals surface area contributed by atoms with Gasteiger partial charge in [0.05, 0.1) is 104 Å². The predicted molar refractivity (Wildman–Crippen MR) is 559 cm³/mol. The number of aliphatic hydroxyl groups is 1. The average Bonchev–Trinajstić information content (AvgIpc) is 1.48. The number of carboxylic acid groups (broad SMARTS) is 1. The maximum absolute atomic E-state index is 15.7. The maximum atomic E-state index is 15.7. The van der Waals surface area contributed by atoms with Gasteiger partial charge in [-0.15, -0.1) is 0 Å². The third-order valence-electron chi connectivity index (χ3n) is 26.5. The third kappa shape index (κ3) is 45.3. The Morgan fingerprint density at radius 3 is 1.75 bits per heavy atom. The molecule has 5 rings (SSSR count). The van der Waals surface area contributed by atoms with E-state index in [-0.39, 0.29) is 145 Å². The number of nitrogens with two attached hydrogens (primary N) is 2. The van der Waals surface area contributed by atoms with Crippen LogP contribution >= 0.6 is 0 Å². The van der Waals surface area contributed by atoms with Crippen LogP contribution < -0.4 is 102 Å². The van der Waals surface area contributed by atoms with Crippen molar-refractivity contribution >= 4 is 128 Å². The van der Waals surface area contributed by atoms with Gasteiger partial charge >= 0.3 is 5.97 Å². The average molecular weight is 2080 g/mol. The molecule has 2 heterocycles. The summed E-state index contributed by atoms with van der Waals surface area (Å²) in [6.45, 7) is 23.5. The normalized spacial score (nSPS) is 21.4. The van der Waals surface area contributed by atoms with Crippen LogP contribution in [0.4, 0.5) is 0 Å². The second-order valence-corrected chi connectivity index (χ2v) is 40.8. The second kappa shape index (κ2) is 63.8. The summed E-state index contributed by atoms with van der Waals surface area (Å²) in [5.41, 5.74) is 19.2. The number of hydrogen-bond donors (Lipinski definition) is 23. The number of aliphatic hydroxyl groups excluding tert-OH is 1. The molecule has 0 fully saturated rings. The molecule has 25 N–H and O–H groups in total. The fraction of sp³-hybridized carbons (Fsp3) is 0.604. The first-order chi connectivity index (χ1) is 70.1. The highest BCUT2D eigenvalue weighted by Crippen LogP contribution is 2.26. The predicted octanol–water partition coefficient (Wildman–Crippen LogP) is 1.46. The molecule has 4 aromatic rings. The summed E-state index contributed by atoms with van der Waals surface area (Å²) in [6, 6.07) is 4.30. The number of carboxylic acids is 1. The lowest BCUT2D eigenvalue weighted by molar-refractivity contribution is -0.144. The number of aromatic amines is 1. The number of rotatable bonds is 51. The van der Waals surface area contributed by atoms with E-state index >= 15 is 28.8 Å². The molecule has 17 atom stereocenters. The number of carbonyl (C=O) groups excluding carboxylic acids is 19. The van der Waals surface area contributed by atoms with Crippen molar-refractivity contribution in [2.45, 2.75) is 359 Å². The molecule has 1 aromatic heterocycles. The summed E-state index contributed by atoms with van der Waals surface area (Å²) < 4.78 is 0. The number of fused-ring (bicyclic) bond motifs is 1. The van der Waals surface area contributed by atoms with E-state index in [9.17, 15) is 82.4 Å². The van der Waals surface area contributed by atoms with Crippen molar-refractivity contribution in [3.8, 4) is 5.75 Å². The van der Waals surface area contributed by atoms with Crippen molar-refractivity contribution in [2.24, 2.45) is 23.3 Å². The fourth-order valence-corrected chi connectivity index (χ4v) is 16.5. The van der Waals surface area contributed by atoms with Gasteiger partial charge in [-0.25, -0.2) is 21.7 Å². The molecule has 0 bridgehead atoms. The van der Waals surface area contributed by atoms with Crippen molar-refractivity contribution in [1.29, 1.82) is 0 Å². The molecule has 0 aliphatic carbocycles. The number of phenols is 1. The lowest BCUT2D eigenvalue weighted by Crippen LogP contribution is -2.64. The number of ketones is 11. The van der Waals surface area contributed by atoms with Gasteiger partial charge in [-0.1, -0.05) is 120 Å². The van der Waals surface area contributed by atoms with E-state index in [4.69, 9.17) is 11.5 Å². The number of hydrogen-bond acceptors (Lipinski definition) is 33. The minimum atomic E-state index is -2.20. The Morgan fingerprint density at radius 1 is 0.537 bits per heavy atom. The van der Waals surface area contributed by atoms with Gasteiger partial charge in [-0.2, -0.15) is 0 Å². The zero-order valence-corrected chi connectivity index (χ0v) is 89.0. The highest BCUT2D eigenvalue weighted by Gasteiger charge is 2.45. The molecular formula is C106H162N20O23. The molecule has 43 heteroatoms. The highest BCUT2D eigenvalue weighted by atomic mass is 16.4. The summed E-state index contributed by atoms with van der Waals surface area (Å²) in [7, 11) is 0. The summed E-state index contributed by atoms with van der Waals surface area (Å²) in [5, 5.41) is 69.3. The number of primary amides is 2. The van der Waals surface area contributed by atoms with E-state index in [1.165, 1.54) is 65.8 Å². The molecule has 3 aromatic carbocycles. The van der Waals surface area contributed by atoms with Crippen molar-refractivity contribution in [3.05, 3.63) is 114 Å². The molecule has 1 aliphatic heterocycles. The summed E-state index contributed by atoms with van der Waals surface area (Å²) in [5.74, 6) is -15.2. The number of aromatic hydroxyl groups is 1. The van der Waals surface area contributed by atoms with E-state index in [0.29, 0.717) is 66.1 Å². The zero-order valence-electron chi connectivity index (χ0n) is 89.0. The number of hydrazine groups is 2. The zero-order chi connectivity index (χ0) is 111. The van der Waals surface area contributed by atoms with Crippen molar-refractivity contribution in [2.75, 3.05) is 39.4 Å². The van der Waals surface area contributed by atoms with Gasteiger partial charge < -0.3 is 84.9 Å². The standard InChI is InChI=1S/C106H162N20O23/c1-61(2)49-80(117-70(12)128)99(145)120-95(69(11)127)103(149)119-81(51-71-31-25-24-26-32-71)101(147)122-106(16)47-30-23-21-19-17-18-20-22-29-46-105(15,92(138)59-112-67(9)89(135)57-116-104(13,14)91(137)58-111-64(6)86(132)45-48-109-63(5)84(130)41-42-85(131)65(7)114-60-115-68(10)98(108)144)121-102(148)82(50-62(3)4)125-123-77(39-43-93(107)139)88(134)54-87(133)66(8)110-56-90(136)79(53-73-55-113-76-34-28-27-33-75(73)76)118-100(146)83(52-72-35-37-74(129)38-36-72)126-124-78(40-44-94(140)141)96(142)97(106)143/h18,20,24-28,31-38,55,61-69,77-83,95,109-116,123-127,129H,17,19,21-23,29-30,39-54,56-60H2,1-16H3,(H2,107,139)(H2,108,144)(H,117,128)(H,118,146)(H,119,149)(H,120,145)(H,121,148)(H,122,147)(H,140,141)/t63-,64-,65-,66-,67-,68+,69+,77-,78-,79-,80-,81-,82-,83-,95-,105-,106+/m0/s1. The number of allylic oxidation sites excluding steroid dienone is 2. The Balaban J connectivity index is 1.49. The van der Waals surface area contributed by atoms with E-state index in [2.05, 4.69) is 95.8 Å². The minimum Gasteiger partial charge on any atom is -0.508 e. The lowest BCUT2D eigenvalue weighted by atomic mass is 9.84. The number of Topliss-reactive ketones (excluding diaryl/α,β-unsaturated/α-hetero) is 11. The van der Waals surface area contributed by atoms with Crippen LogP contribution in [0.1, 0.15) is 249 Å². The molecule has 0 saturated carbocycles. The lowest BCUT2D eigenvalue weighted by Gasteiger charge is -2.33. The van der Waals surface area contributed by atoms with E-state index < -0.39 is 239 Å². The van der Waals surface area contributed by atoms with Gasteiger partial charge in [0, 0.05) is 82.2 Å². The maximum Gasteiger partial charge on any atom is 0.303 e. The van der Waals surface area contributed by atoms with Crippen LogP contribution in [0.3, 0.4) is 0 Å². The first-order valence-electron chi connectivity index (χ1n) is 51.5. The van der Waals surface area contributed by atoms with E-state index in [1.807, 2.05) is 26.0 Å². The number of carbonyl (C=O) groups is 20. The van der Waals surface area contributed by atoms with E-state index in [0.717, 1.165) is 0 Å². The summed E-state index contributed by atoms with van der Waals surface area (Å²) >= 11 is 0. The molecule has 43 nitrogen and oxygen atoms in total. The molecule has 0 saturated heterocycles. The van der Waals surface area contributed by atoms with Gasteiger partial charge in [-0.05, 0) is 194 Å². The van der Waals surface area contributed by atoms with Crippen LogP contribution in [0.15, 0.2) is 97.2 Å². The van der Waals surface area contributed by atoms with Gasteiger partial charge in [-0.3, -0.25) is 112 Å². The van der Waals surface area contributed by atoms with Crippen molar-refractivity contribution < 1.29 is 111 Å². The molecule has 0 radical (unpaired) electrons. The molecule has 149 heavy (non-hydrogen) atoms. The second-order valence-electron chi connectivity index (χ2n) is 40.8. The van der Waals surface area contributed by atoms with Crippen LogP contribution in [0, 0.1) is 11.8 Å². The van der Waals surface area contributed by atoms with Gasteiger partial charge in [0.2, 0.25) is 58.8 Å². The highest BCUT2D eigenvalue weighted by molar-refractivity contribution is 6.42. The number of aromatic nitrogens is 1. The topological polar surface area (TPSA) is 674 Å². The Kier molecular flexibility index (Phi) is 54.5. The monoisotopic (exact) mass is 2080 g/mol. The molecule has 0 spiro atoms. The molecular weight excluding hydrogens is 1920 g/mol. The quantitative estimate of drug-likeness (QED) is 0.0129. The van der Waals surface area contributed by atoms with E-state index in [1.54, 1.807) is 116 Å². The molecule has 1 aliphatic rings. The Bertz CT molecular complexity index is 5220. The number of H-pyrrole nitrogens is 1. The SMILES string of the molecule is CC(=O)N[C@@H](CC(C)C)C(=O)N[C@H](C(=O)N[C@@H](Cc1ccccc1)C(=O)N[C@]1(C)CCCCCCC=CCCC[C@@](C)(C(=O)CN[C@@H](C)C(=O)CNC(C)(C)C(=O)CN[C@@H](C)C(=O)CCN[C@@H](C)C(=O)CCC(=O)[C@H](C)NCN[C@H](C)C(N)=O)NC(=O)[C@H](CC(C)C)NN[C@@H](CCC(N)=O)C(=O)CC(=O)[C@H](C)NCC(=O)[C@H](Cc2c[nH]c3ccccc23)NC(=O)[C@H](Cc2ccc(O)cc2)NN[C@@H](CCC(=O)O)C(=O)C1=O)[C@@H](C)O. The van der Waals surface area contributed by atoms with Gasteiger partial charge in [0.15, 0.2) is 40.5 Å². The number of benzene rings is 3. The van der Waals surface area contributed by atoms with Gasteiger partial charge in [0.25, 0.3) is 0 Å². The van der Waals surface area contributed by atoms with Crippen molar-refractivity contribution in [1.82, 2.24) is 95.8 Å².